The Kier molecular flexibility index (Phi) is 5.84. The third-order valence-corrected chi connectivity index (χ3v) is 3.46. The van der Waals surface area contributed by atoms with E-state index in [0.717, 1.165) is 0 Å². The molecule has 0 saturated heterocycles. The molecule has 0 aromatic heterocycles. The highest BCUT2D eigenvalue weighted by molar-refractivity contribution is 7.89. The fourth-order valence-corrected chi connectivity index (χ4v) is 2.57. The summed E-state index contributed by atoms with van der Waals surface area (Å²) in [6.45, 7) is 7.58. The molecule has 0 heterocycles. The summed E-state index contributed by atoms with van der Waals surface area (Å²) in [5.41, 5.74) is 0. The van der Waals surface area contributed by atoms with Crippen LogP contribution in [0.3, 0.4) is 0 Å². The minimum absolute atomic E-state index is 0.0103. The highest BCUT2D eigenvalue weighted by Crippen LogP contribution is 2.05. The summed E-state index contributed by atoms with van der Waals surface area (Å²) in [7, 11) is -3.31. The van der Waals surface area contributed by atoms with Gasteiger partial charge in [0.05, 0.1) is 11.8 Å². The second kappa shape index (κ2) is 6.09. The molecule has 0 aromatic rings. The molecule has 0 spiro atoms. The van der Waals surface area contributed by atoms with E-state index < -0.39 is 16.1 Å². The van der Waals surface area contributed by atoms with Gasteiger partial charge in [-0.2, -0.15) is 9.98 Å². The van der Waals surface area contributed by atoms with Crippen molar-refractivity contribution in [1.82, 2.24) is 4.72 Å². The summed E-state index contributed by atoms with van der Waals surface area (Å²) in [5.74, 6) is 0.431. The minimum atomic E-state index is -3.31. The minimum Gasteiger partial charge on any atom is -0.212 e. The van der Waals surface area contributed by atoms with Crippen LogP contribution in [0, 0.1) is 23.2 Å². The summed E-state index contributed by atoms with van der Waals surface area (Å²) < 4.78 is 25.5. The van der Waals surface area contributed by atoms with Gasteiger partial charge in [-0.25, -0.2) is 8.42 Å². The molecule has 0 bridgehead atoms. The van der Waals surface area contributed by atoms with Crippen molar-refractivity contribution in [3.63, 3.8) is 0 Å². The van der Waals surface area contributed by atoms with Gasteiger partial charge in [0, 0.05) is 0 Å². The highest BCUT2D eigenvalue weighted by Gasteiger charge is 2.20. The quantitative estimate of drug-likeness (QED) is 0.754. The molecular weight excluding hydrogens is 212 g/mol. The van der Waals surface area contributed by atoms with Crippen molar-refractivity contribution >= 4 is 10.0 Å². The van der Waals surface area contributed by atoms with E-state index in [4.69, 9.17) is 5.26 Å². The van der Waals surface area contributed by atoms with Gasteiger partial charge < -0.3 is 0 Å². The van der Waals surface area contributed by atoms with Crippen LogP contribution in [0.15, 0.2) is 0 Å². The lowest BCUT2D eigenvalue weighted by molar-refractivity contribution is 0.509. The standard InChI is InChI=1S/C10H20N2O2S/c1-8(2)5-6-15(13,14)12-10(7-11)9(3)4/h8-10,12H,5-6H2,1-4H3. The van der Waals surface area contributed by atoms with Crippen LogP contribution in [-0.2, 0) is 10.0 Å². The Morgan fingerprint density at radius 3 is 2.13 bits per heavy atom. The van der Waals surface area contributed by atoms with Gasteiger partial charge in [-0.1, -0.05) is 27.7 Å². The van der Waals surface area contributed by atoms with Crippen molar-refractivity contribution in [3.8, 4) is 6.07 Å². The molecule has 0 saturated carbocycles. The first-order valence-corrected chi connectivity index (χ1v) is 6.83. The fourth-order valence-electron chi connectivity index (χ4n) is 0.955. The molecule has 0 radical (unpaired) electrons. The number of nitrogens with zero attached hydrogens (tertiary/aromatic N) is 1. The van der Waals surface area contributed by atoms with Gasteiger partial charge in [0.25, 0.3) is 0 Å². The molecule has 5 heteroatoms. The Morgan fingerprint density at radius 2 is 1.80 bits per heavy atom. The maximum Gasteiger partial charge on any atom is 0.212 e. The summed E-state index contributed by atoms with van der Waals surface area (Å²) >= 11 is 0. The van der Waals surface area contributed by atoms with E-state index in [1.165, 1.54) is 0 Å². The van der Waals surface area contributed by atoms with Gasteiger partial charge in [-0.15, -0.1) is 0 Å². The van der Waals surface area contributed by atoms with Gasteiger partial charge in [0.15, 0.2) is 0 Å². The van der Waals surface area contributed by atoms with Crippen molar-refractivity contribution in [1.29, 1.82) is 5.26 Å². The van der Waals surface area contributed by atoms with Gasteiger partial charge in [-0.05, 0) is 18.3 Å². The summed E-state index contributed by atoms with van der Waals surface area (Å²) in [4.78, 5) is 0. The van der Waals surface area contributed by atoms with E-state index in [-0.39, 0.29) is 11.7 Å². The molecule has 0 rings (SSSR count). The van der Waals surface area contributed by atoms with Gasteiger partial charge in [0.2, 0.25) is 10.0 Å². The topological polar surface area (TPSA) is 70.0 Å². The highest BCUT2D eigenvalue weighted by atomic mass is 32.2. The second-order valence-electron chi connectivity index (χ2n) is 4.47. The zero-order chi connectivity index (χ0) is 12.1. The molecule has 4 nitrogen and oxygen atoms in total. The summed E-state index contributed by atoms with van der Waals surface area (Å²) in [5, 5.41) is 8.76. The molecule has 0 fully saturated rings. The predicted octanol–water partition coefficient (Wildman–Crippen LogP) is 1.50. The van der Waals surface area contributed by atoms with E-state index in [9.17, 15) is 8.42 Å². The van der Waals surface area contributed by atoms with E-state index in [1.54, 1.807) is 0 Å². The van der Waals surface area contributed by atoms with Crippen LogP contribution in [0.2, 0.25) is 0 Å². The average molecular weight is 232 g/mol. The Balaban J connectivity index is 4.32. The van der Waals surface area contributed by atoms with E-state index >= 15 is 0 Å². The molecule has 0 amide bonds. The number of hydrogen-bond acceptors (Lipinski definition) is 3. The lowest BCUT2D eigenvalue weighted by Gasteiger charge is -2.15. The van der Waals surface area contributed by atoms with Gasteiger partial charge in [-0.3, -0.25) is 0 Å². The fraction of sp³-hybridized carbons (Fsp3) is 0.900. The van der Waals surface area contributed by atoms with Crippen LogP contribution in [0.1, 0.15) is 34.1 Å². The first-order valence-electron chi connectivity index (χ1n) is 5.18. The average Bonchev–Trinajstić information content (AvgIpc) is 2.11. The predicted molar refractivity (Wildman–Crippen MR) is 60.6 cm³/mol. The molecular formula is C10H20N2O2S. The molecule has 88 valence electrons. The van der Waals surface area contributed by atoms with Crippen LogP contribution >= 0.6 is 0 Å². The molecule has 15 heavy (non-hydrogen) atoms. The number of nitrogens with one attached hydrogen (secondary N) is 1. The normalized spacial score (nSPS) is 14.2. The van der Waals surface area contributed by atoms with Crippen LogP contribution in [0.4, 0.5) is 0 Å². The first kappa shape index (κ1) is 14.4. The van der Waals surface area contributed by atoms with Gasteiger partial charge in [0.1, 0.15) is 6.04 Å². The Bertz CT molecular complexity index is 315. The van der Waals surface area contributed by atoms with Crippen LogP contribution in [0.5, 0.6) is 0 Å². The van der Waals surface area contributed by atoms with Crippen LogP contribution in [-0.4, -0.2) is 20.2 Å². The van der Waals surface area contributed by atoms with Crippen molar-refractivity contribution in [2.75, 3.05) is 5.75 Å². The number of sulfonamides is 1. The van der Waals surface area contributed by atoms with E-state index in [2.05, 4.69) is 4.72 Å². The van der Waals surface area contributed by atoms with Crippen LogP contribution < -0.4 is 4.72 Å². The first-order chi connectivity index (χ1) is 6.78. The van der Waals surface area contributed by atoms with E-state index in [1.807, 2.05) is 33.8 Å². The van der Waals surface area contributed by atoms with Crippen molar-refractivity contribution in [2.24, 2.45) is 11.8 Å². The lowest BCUT2D eigenvalue weighted by atomic mass is 10.1. The molecule has 0 aromatic carbocycles. The van der Waals surface area contributed by atoms with Crippen molar-refractivity contribution < 1.29 is 8.42 Å². The molecule has 0 aliphatic rings. The maximum absolute atomic E-state index is 11.5. The molecule has 1 atom stereocenters. The largest absolute Gasteiger partial charge is 0.212 e. The molecule has 0 aliphatic heterocycles. The second-order valence-corrected chi connectivity index (χ2v) is 6.34. The van der Waals surface area contributed by atoms with Crippen LogP contribution in [0.25, 0.3) is 0 Å². The smallest absolute Gasteiger partial charge is 0.212 e. The third kappa shape index (κ3) is 6.47. The summed E-state index contributed by atoms with van der Waals surface area (Å²) in [6.07, 6.45) is 0.617. The zero-order valence-corrected chi connectivity index (χ0v) is 10.6. The zero-order valence-electron chi connectivity index (χ0n) is 9.82. The molecule has 1 unspecified atom stereocenters. The number of hydrogen-bond donors (Lipinski definition) is 1. The number of nitriles is 1. The SMILES string of the molecule is CC(C)CCS(=O)(=O)NC(C#N)C(C)C. The molecule has 0 aliphatic carbocycles. The van der Waals surface area contributed by atoms with Crippen molar-refractivity contribution in [3.05, 3.63) is 0 Å². The number of rotatable bonds is 6. The third-order valence-electron chi connectivity index (χ3n) is 2.08. The van der Waals surface area contributed by atoms with E-state index in [0.29, 0.717) is 12.3 Å². The van der Waals surface area contributed by atoms with Gasteiger partial charge >= 0.3 is 0 Å². The monoisotopic (exact) mass is 232 g/mol. The maximum atomic E-state index is 11.5. The summed E-state index contributed by atoms with van der Waals surface area (Å²) in [6, 6.07) is 1.33. The Labute approximate surface area is 92.7 Å². The Morgan fingerprint density at radius 1 is 1.27 bits per heavy atom. The molecule has 1 N–H and O–H groups in total. The van der Waals surface area contributed by atoms with Crippen molar-refractivity contribution in [2.45, 2.75) is 40.2 Å². The lowest BCUT2D eigenvalue weighted by Crippen LogP contribution is -2.38. The Hall–Kier alpha value is -0.600.